The second-order valence-corrected chi connectivity index (χ2v) is 12.9. The summed E-state index contributed by atoms with van der Waals surface area (Å²) in [6.07, 6.45) is 22.4. The van der Waals surface area contributed by atoms with E-state index in [9.17, 15) is 9.59 Å². The summed E-state index contributed by atoms with van der Waals surface area (Å²) in [7, 11) is 0. The van der Waals surface area contributed by atoms with Crippen molar-refractivity contribution in [1.29, 1.82) is 0 Å². The summed E-state index contributed by atoms with van der Waals surface area (Å²) < 4.78 is 5.47. The Morgan fingerprint density at radius 1 is 0.800 bits per heavy atom. The smallest absolute Gasteiger partial charge is 0.328 e. The number of rotatable bonds is 26. The molecule has 0 saturated heterocycles. The number of thioether (sulfide) groups is 1. The molecule has 3 N–H and O–H groups in total. The first-order chi connectivity index (χ1) is 19.4. The highest BCUT2D eigenvalue weighted by Gasteiger charge is 2.26. The third-order valence-corrected chi connectivity index (χ3v) is 8.48. The van der Waals surface area contributed by atoms with Crippen LogP contribution in [-0.2, 0) is 20.9 Å². The average molecular weight is 577 g/mol. The third kappa shape index (κ3) is 20.4. The topological polar surface area (TPSA) is 81.4 Å². The quantitative estimate of drug-likeness (QED) is 0.0852. The van der Waals surface area contributed by atoms with Gasteiger partial charge in [0.2, 0.25) is 5.91 Å². The van der Waals surface area contributed by atoms with Crippen LogP contribution in [0.5, 0.6) is 0 Å². The van der Waals surface area contributed by atoms with Gasteiger partial charge in [0.25, 0.3) is 0 Å². The number of hydrogen-bond donors (Lipinski definition) is 2. The van der Waals surface area contributed by atoms with Crippen LogP contribution >= 0.6 is 11.8 Å². The van der Waals surface area contributed by atoms with E-state index < -0.39 is 18.1 Å². The summed E-state index contributed by atoms with van der Waals surface area (Å²) in [4.78, 5) is 25.3. The number of carbonyl (C=O) groups is 2. The van der Waals surface area contributed by atoms with Crippen LogP contribution in [0.3, 0.4) is 0 Å². The first-order valence-corrected chi connectivity index (χ1v) is 17.4. The fraction of sp³-hybridized carbons (Fsp3) is 0.765. The van der Waals surface area contributed by atoms with Crippen molar-refractivity contribution in [1.82, 2.24) is 5.32 Å². The van der Waals surface area contributed by atoms with Gasteiger partial charge in [-0.3, -0.25) is 4.79 Å². The molecule has 40 heavy (non-hydrogen) atoms. The van der Waals surface area contributed by atoms with Gasteiger partial charge in [0.1, 0.15) is 12.6 Å². The molecular formula is C34H60N2O3S. The molecule has 1 rings (SSSR count). The van der Waals surface area contributed by atoms with Gasteiger partial charge in [-0.25, -0.2) is 4.79 Å². The van der Waals surface area contributed by atoms with Crippen LogP contribution in [0.15, 0.2) is 30.3 Å². The minimum absolute atomic E-state index is 0.200. The van der Waals surface area contributed by atoms with E-state index in [-0.39, 0.29) is 18.4 Å². The van der Waals surface area contributed by atoms with Gasteiger partial charge in [0, 0.05) is 5.75 Å². The number of nitrogens with one attached hydrogen (secondary N) is 1. The van der Waals surface area contributed by atoms with E-state index in [1.807, 2.05) is 44.2 Å². The molecule has 6 heteroatoms. The number of hydrogen-bond acceptors (Lipinski definition) is 5. The first kappa shape index (κ1) is 36.5. The Balaban J connectivity index is 2.04. The molecule has 0 aromatic heterocycles. The van der Waals surface area contributed by atoms with Gasteiger partial charge in [0.05, 0.1) is 6.04 Å². The molecule has 230 valence electrons. The summed E-state index contributed by atoms with van der Waals surface area (Å²) in [5, 5.41) is 2.84. The molecule has 0 fully saturated rings. The van der Waals surface area contributed by atoms with E-state index >= 15 is 0 Å². The van der Waals surface area contributed by atoms with Gasteiger partial charge in [-0.05, 0) is 30.1 Å². The van der Waals surface area contributed by atoms with Gasteiger partial charge in [0.15, 0.2) is 0 Å². The molecule has 1 amide bonds. The SMILES string of the molecule is CCCCCCCCCCCCCCCCCCSC[C@@H](N)C(=O)N[C@@H](CC(C)C)C(=O)OCc1ccccc1. The lowest BCUT2D eigenvalue weighted by molar-refractivity contribution is -0.149. The fourth-order valence-corrected chi connectivity index (χ4v) is 5.81. The maximum Gasteiger partial charge on any atom is 0.328 e. The molecule has 0 aliphatic rings. The minimum atomic E-state index is -0.674. The summed E-state index contributed by atoms with van der Waals surface area (Å²) in [6.45, 7) is 6.53. The van der Waals surface area contributed by atoms with Crippen LogP contribution in [0.25, 0.3) is 0 Å². The van der Waals surface area contributed by atoms with Crippen LogP contribution in [0.1, 0.15) is 135 Å². The van der Waals surface area contributed by atoms with Crippen molar-refractivity contribution in [2.45, 2.75) is 149 Å². The normalized spacial score (nSPS) is 12.8. The average Bonchev–Trinajstić information content (AvgIpc) is 2.95. The Morgan fingerprint density at radius 3 is 1.80 bits per heavy atom. The van der Waals surface area contributed by atoms with E-state index in [1.54, 1.807) is 11.8 Å². The van der Waals surface area contributed by atoms with Crippen molar-refractivity contribution in [3.05, 3.63) is 35.9 Å². The monoisotopic (exact) mass is 576 g/mol. The zero-order valence-electron chi connectivity index (χ0n) is 26.0. The number of benzene rings is 1. The number of nitrogens with two attached hydrogens (primary N) is 1. The largest absolute Gasteiger partial charge is 0.459 e. The van der Waals surface area contributed by atoms with Crippen LogP contribution in [0, 0.1) is 5.92 Å². The lowest BCUT2D eigenvalue weighted by atomic mass is 10.0. The second-order valence-electron chi connectivity index (χ2n) is 11.8. The number of unbranched alkanes of at least 4 members (excludes halogenated alkanes) is 15. The van der Waals surface area contributed by atoms with Gasteiger partial charge in [-0.2, -0.15) is 11.8 Å². The molecule has 0 unspecified atom stereocenters. The molecule has 5 nitrogen and oxygen atoms in total. The fourth-order valence-electron chi connectivity index (χ4n) is 4.83. The highest BCUT2D eigenvalue weighted by Crippen LogP contribution is 2.15. The van der Waals surface area contributed by atoms with E-state index in [2.05, 4.69) is 12.2 Å². The Morgan fingerprint density at radius 2 is 1.30 bits per heavy atom. The predicted molar refractivity (Wildman–Crippen MR) is 172 cm³/mol. The maximum atomic E-state index is 12.7. The molecule has 1 aromatic carbocycles. The number of ether oxygens (including phenoxy) is 1. The van der Waals surface area contributed by atoms with Crippen molar-refractivity contribution in [2.75, 3.05) is 11.5 Å². The molecule has 0 saturated carbocycles. The highest BCUT2D eigenvalue weighted by molar-refractivity contribution is 7.99. The molecule has 0 heterocycles. The maximum absolute atomic E-state index is 12.7. The third-order valence-electron chi connectivity index (χ3n) is 7.31. The van der Waals surface area contributed by atoms with Gasteiger partial charge < -0.3 is 15.8 Å². The molecular weight excluding hydrogens is 516 g/mol. The number of amides is 1. The molecule has 0 radical (unpaired) electrons. The standard InChI is InChI=1S/C34H60N2O3S/c1-4-5-6-7-8-9-10-11-12-13-14-15-16-17-18-22-25-40-28-31(35)33(37)36-32(26-29(2)3)34(38)39-27-30-23-20-19-21-24-30/h19-21,23-24,29,31-32H,4-18,22,25-28,35H2,1-3H3,(H,36,37)/t31-,32+/m1/s1. The van der Waals surface area contributed by atoms with E-state index in [4.69, 9.17) is 10.5 Å². The molecule has 0 aliphatic carbocycles. The molecule has 1 aromatic rings. The lowest BCUT2D eigenvalue weighted by Gasteiger charge is -2.21. The summed E-state index contributed by atoms with van der Waals surface area (Å²) in [5.41, 5.74) is 7.07. The van der Waals surface area contributed by atoms with Crippen LogP contribution < -0.4 is 11.1 Å². The molecule has 2 atom stereocenters. The summed E-state index contributed by atoms with van der Waals surface area (Å²) in [5.74, 6) is 1.15. The van der Waals surface area contributed by atoms with Gasteiger partial charge in [-0.1, -0.05) is 147 Å². The van der Waals surface area contributed by atoms with Gasteiger partial charge >= 0.3 is 5.97 Å². The Bertz CT molecular complexity index is 744. The molecule has 0 aliphatic heterocycles. The number of carbonyl (C=O) groups excluding carboxylic acids is 2. The number of esters is 1. The zero-order valence-corrected chi connectivity index (χ0v) is 26.8. The van der Waals surface area contributed by atoms with Gasteiger partial charge in [-0.15, -0.1) is 0 Å². The lowest BCUT2D eigenvalue weighted by Crippen LogP contribution is -2.50. The highest BCUT2D eigenvalue weighted by atomic mass is 32.2. The molecule has 0 bridgehead atoms. The van der Waals surface area contributed by atoms with Crippen LogP contribution in [0.4, 0.5) is 0 Å². The van der Waals surface area contributed by atoms with Crippen molar-refractivity contribution >= 4 is 23.6 Å². The zero-order chi connectivity index (χ0) is 29.3. The second kappa shape index (κ2) is 25.2. The minimum Gasteiger partial charge on any atom is -0.459 e. The van der Waals surface area contributed by atoms with Crippen molar-refractivity contribution in [3.8, 4) is 0 Å². The Hall–Kier alpha value is -1.53. The Labute approximate surface area is 250 Å². The summed E-state index contributed by atoms with van der Waals surface area (Å²) in [6, 6.07) is 8.27. The predicted octanol–water partition coefficient (Wildman–Crippen LogP) is 8.58. The van der Waals surface area contributed by atoms with Crippen molar-refractivity contribution < 1.29 is 14.3 Å². The summed E-state index contributed by atoms with van der Waals surface area (Å²) >= 11 is 1.73. The van der Waals surface area contributed by atoms with Crippen LogP contribution in [0.2, 0.25) is 0 Å². The molecule has 0 spiro atoms. The van der Waals surface area contributed by atoms with E-state index in [0.717, 1.165) is 11.3 Å². The Kier molecular flexibility index (Phi) is 23.0. The van der Waals surface area contributed by atoms with E-state index in [0.29, 0.717) is 12.2 Å². The van der Waals surface area contributed by atoms with Crippen LogP contribution in [-0.4, -0.2) is 35.5 Å². The van der Waals surface area contributed by atoms with Crippen molar-refractivity contribution in [3.63, 3.8) is 0 Å². The first-order valence-electron chi connectivity index (χ1n) is 16.3. The van der Waals surface area contributed by atoms with Crippen molar-refractivity contribution in [2.24, 2.45) is 11.7 Å². The van der Waals surface area contributed by atoms with E-state index in [1.165, 1.54) is 103 Å².